The van der Waals surface area contributed by atoms with Crippen molar-refractivity contribution >= 4 is 11.7 Å². The van der Waals surface area contributed by atoms with Crippen LogP contribution < -0.4 is 14.4 Å². The van der Waals surface area contributed by atoms with Crippen molar-refractivity contribution in [3.8, 4) is 11.5 Å². The number of nitrogens with zero attached hydrogens (tertiary/aromatic N) is 1. The molecule has 1 N–H and O–H groups in total. The Labute approximate surface area is 119 Å². The summed E-state index contributed by atoms with van der Waals surface area (Å²) < 4.78 is 10.4. The van der Waals surface area contributed by atoms with Gasteiger partial charge >= 0.3 is 5.97 Å². The van der Waals surface area contributed by atoms with Crippen molar-refractivity contribution in [3.63, 3.8) is 0 Å². The van der Waals surface area contributed by atoms with Crippen LogP contribution in [0.1, 0.15) is 24.2 Å². The Kier molecular flexibility index (Phi) is 4.06. The lowest BCUT2D eigenvalue weighted by Crippen LogP contribution is -2.49. The highest BCUT2D eigenvalue weighted by Crippen LogP contribution is 2.38. The molecule has 2 rings (SSSR count). The minimum absolute atomic E-state index is 0.254. The standard InChI is InChI=1S/C15H21NO4/c1-9(2)10-7-16(8-10)12-6-14(20-4)13(19-3)5-11(12)15(17)18/h5-6,9-10H,7-8H2,1-4H3,(H,17,18). The molecule has 1 saturated heterocycles. The van der Waals surface area contributed by atoms with Gasteiger partial charge in [-0.2, -0.15) is 0 Å². The molecule has 1 heterocycles. The predicted molar refractivity (Wildman–Crippen MR) is 77.0 cm³/mol. The van der Waals surface area contributed by atoms with Gasteiger partial charge in [0.1, 0.15) is 0 Å². The van der Waals surface area contributed by atoms with Crippen LogP contribution in [-0.4, -0.2) is 38.4 Å². The second-order valence-electron chi connectivity index (χ2n) is 5.44. The lowest BCUT2D eigenvalue weighted by atomic mass is 9.87. The van der Waals surface area contributed by atoms with Crippen LogP contribution in [0.2, 0.25) is 0 Å². The molecule has 1 aliphatic heterocycles. The van der Waals surface area contributed by atoms with Gasteiger partial charge in [0.15, 0.2) is 11.5 Å². The van der Waals surface area contributed by atoms with Crippen molar-refractivity contribution in [1.82, 2.24) is 0 Å². The largest absolute Gasteiger partial charge is 0.493 e. The minimum Gasteiger partial charge on any atom is -0.493 e. The second kappa shape index (κ2) is 5.61. The van der Waals surface area contributed by atoms with E-state index in [0.717, 1.165) is 13.1 Å². The number of carboxylic acid groups (broad SMARTS) is 1. The van der Waals surface area contributed by atoms with Gasteiger partial charge in [0.25, 0.3) is 0 Å². The minimum atomic E-state index is -0.950. The van der Waals surface area contributed by atoms with Crippen molar-refractivity contribution in [2.45, 2.75) is 13.8 Å². The molecule has 110 valence electrons. The average Bonchev–Trinajstić information content (AvgIpc) is 2.35. The summed E-state index contributed by atoms with van der Waals surface area (Å²) in [6.07, 6.45) is 0. The third-order valence-electron chi connectivity index (χ3n) is 3.93. The fraction of sp³-hybridized carbons (Fsp3) is 0.533. The van der Waals surface area contributed by atoms with Gasteiger partial charge in [-0.25, -0.2) is 4.79 Å². The Morgan fingerprint density at radius 1 is 1.25 bits per heavy atom. The van der Waals surface area contributed by atoms with Crippen LogP contribution in [0.3, 0.4) is 0 Å². The van der Waals surface area contributed by atoms with Crippen molar-refractivity contribution in [3.05, 3.63) is 17.7 Å². The number of hydrogen-bond acceptors (Lipinski definition) is 4. The normalized spacial score (nSPS) is 15.2. The van der Waals surface area contributed by atoms with Gasteiger partial charge in [-0.1, -0.05) is 13.8 Å². The zero-order valence-electron chi connectivity index (χ0n) is 12.3. The molecule has 0 radical (unpaired) electrons. The fourth-order valence-corrected chi connectivity index (χ4v) is 2.43. The van der Waals surface area contributed by atoms with E-state index in [1.165, 1.54) is 13.2 Å². The van der Waals surface area contributed by atoms with Crippen molar-refractivity contribution < 1.29 is 19.4 Å². The summed E-state index contributed by atoms with van der Waals surface area (Å²) in [7, 11) is 3.05. The van der Waals surface area contributed by atoms with Gasteiger partial charge in [-0.15, -0.1) is 0 Å². The van der Waals surface area contributed by atoms with E-state index in [9.17, 15) is 9.90 Å². The van der Waals surface area contributed by atoms with Crippen LogP contribution in [0, 0.1) is 11.8 Å². The highest BCUT2D eigenvalue weighted by atomic mass is 16.5. The maximum atomic E-state index is 11.4. The molecule has 0 unspecified atom stereocenters. The van der Waals surface area contributed by atoms with Gasteiger partial charge in [0.05, 0.1) is 25.5 Å². The first-order valence-electron chi connectivity index (χ1n) is 6.72. The summed E-state index contributed by atoms with van der Waals surface area (Å²) in [5, 5.41) is 9.37. The number of carboxylic acids is 1. The highest BCUT2D eigenvalue weighted by molar-refractivity contribution is 5.96. The maximum Gasteiger partial charge on any atom is 0.337 e. The molecule has 0 aromatic heterocycles. The number of hydrogen-bond donors (Lipinski definition) is 1. The van der Waals surface area contributed by atoms with Crippen LogP contribution in [0.25, 0.3) is 0 Å². The molecule has 1 aromatic rings. The first kappa shape index (κ1) is 14.5. The van der Waals surface area contributed by atoms with Gasteiger partial charge in [-0.05, 0) is 11.8 Å². The third kappa shape index (κ3) is 2.53. The van der Waals surface area contributed by atoms with Gasteiger partial charge in [0, 0.05) is 25.2 Å². The van der Waals surface area contributed by atoms with Crippen molar-refractivity contribution in [2.24, 2.45) is 11.8 Å². The van der Waals surface area contributed by atoms with Gasteiger partial charge in [0.2, 0.25) is 0 Å². The molecule has 0 spiro atoms. The number of anilines is 1. The summed E-state index contributed by atoms with van der Waals surface area (Å²) in [5.41, 5.74) is 0.955. The Hall–Kier alpha value is -1.91. The zero-order chi connectivity index (χ0) is 14.9. The second-order valence-corrected chi connectivity index (χ2v) is 5.44. The summed E-state index contributed by atoms with van der Waals surface area (Å²) in [6.45, 7) is 6.14. The smallest absolute Gasteiger partial charge is 0.337 e. The summed E-state index contributed by atoms with van der Waals surface area (Å²) in [5.74, 6) is 1.27. The highest BCUT2D eigenvalue weighted by Gasteiger charge is 2.32. The number of rotatable bonds is 5. The Morgan fingerprint density at radius 3 is 2.25 bits per heavy atom. The van der Waals surface area contributed by atoms with E-state index >= 15 is 0 Å². The monoisotopic (exact) mass is 279 g/mol. The summed E-state index contributed by atoms with van der Waals surface area (Å²) >= 11 is 0. The number of carbonyl (C=O) groups is 1. The summed E-state index contributed by atoms with van der Waals surface area (Å²) in [6, 6.07) is 3.28. The lowest BCUT2D eigenvalue weighted by molar-refractivity contribution is 0.0696. The lowest BCUT2D eigenvalue weighted by Gasteiger charge is -2.43. The van der Waals surface area contributed by atoms with Crippen molar-refractivity contribution in [2.75, 3.05) is 32.2 Å². The van der Waals surface area contributed by atoms with Crippen LogP contribution in [0.5, 0.6) is 11.5 Å². The van der Waals surface area contributed by atoms with E-state index in [1.807, 2.05) is 0 Å². The van der Waals surface area contributed by atoms with Gasteiger partial charge in [-0.3, -0.25) is 0 Å². The third-order valence-corrected chi connectivity index (χ3v) is 3.93. The van der Waals surface area contributed by atoms with E-state index in [-0.39, 0.29) is 5.56 Å². The molecule has 5 heteroatoms. The molecule has 1 aromatic carbocycles. The molecular weight excluding hydrogens is 258 g/mol. The molecule has 0 amide bonds. The Balaban J connectivity index is 2.34. The van der Waals surface area contributed by atoms with E-state index < -0.39 is 5.97 Å². The molecule has 0 saturated carbocycles. The number of ether oxygens (including phenoxy) is 2. The molecule has 1 fully saturated rings. The van der Waals surface area contributed by atoms with Crippen LogP contribution in [0.4, 0.5) is 5.69 Å². The zero-order valence-corrected chi connectivity index (χ0v) is 12.3. The summed E-state index contributed by atoms with van der Waals surface area (Å²) in [4.78, 5) is 13.5. The van der Waals surface area contributed by atoms with Crippen molar-refractivity contribution in [1.29, 1.82) is 0 Å². The molecule has 20 heavy (non-hydrogen) atoms. The number of aromatic carboxylic acids is 1. The Morgan fingerprint density at radius 2 is 1.80 bits per heavy atom. The number of methoxy groups -OCH3 is 2. The van der Waals surface area contributed by atoms with E-state index in [2.05, 4.69) is 18.7 Å². The van der Waals surface area contributed by atoms with Crippen LogP contribution in [-0.2, 0) is 0 Å². The molecule has 1 aliphatic rings. The Bertz CT molecular complexity index is 507. The first-order chi connectivity index (χ1) is 9.47. The quantitative estimate of drug-likeness (QED) is 0.897. The van der Waals surface area contributed by atoms with Gasteiger partial charge < -0.3 is 19.5 Å². The maximum absolute atomic E-state index is 11.4. The fourth-order valence-electron chi connectivity index (χ4n) is 2.43. The van der Waals surface area contributed by atoms with E-state index in [0.29, 0.717) is 29.0 Å². The number of benzene rings is 1. The SMILES string of the molecule is COc1cc(C(=O)O)c(N2CC(C(C)C)C2)cc1OC. The van der Waals surface area contributed by atoms with Crippen LogP contribution >= 0.6 is 0 Å². The average molecular weight is 279 g/mol. The molecule has 0 bridgehead atoms. The predicted octanol–water partition coefficient (Wildman–Crippen LogP) is 2.49. The molecule has 5 nitrogen and oxygen atoms in total. The first-order valence-corrected chi connectivity index (χ1v) is 6.72. The topological polar surface area (TPSA) is 59.0 Å². The van der Waals surface area contributed by atoms with E-state index in [4.69, 9.17) is 9.47 Å². The molecular formula is C15H21NO4. The van der Waals surface area contributed by atoms with Crippen LogP contribution in [0.15, 0.2) is 12.1 Å². The molecule has 0 aliphatic carbocycles. The molecule has 0 atom stereocenters. The van der Waals surface area contributed by atoms with E-state index in [1.54, 1.807) is 13.2 Å².